The van der Waals surface area contributed by atoms with E-state index in [1.54, 1.807) is 7.11 Å². The molecule has 0 spiro atoms. The van der Waals surface area contributed by atoms with Crippen LogP contribution in [0.25, 0.3) is 16.2 Å². The van der Waals surface area contributed by atoms with Gasteiger partial charge in [-0.2, -0.15) is 0 Å². The molecule has 0 aliphatic rings. The van der Waals surface area contributed by atoms with Gasteiger partial charge in [-0.25, -0.2) is 4.98 Å². The van der Waals surface area contributed by atoms with Crippen molar-refractivity contribution in [3.8, 4) is 17.0 Å². The Morgan fingerprint density at radius 2 is 2.09 bits per heavy atom. The number of carbonyl (C=O) groups excluding carboxylic acids is 1. The average Bonchev–Trinajstić information content (AvgIpc) is 3.13. The Bertz CT molecular complexity index is 818. The molecule has 0 radical (unpaired) electrons. The maximum Gasteiger partial charge on any atom is 0.272 e. The van der Waals surface area contributed by atoms with Gasteiger partial charge in [-0.05, 0) is 30.2 Å². The normalized spacial score (nSPS) is 11.1. The van der Waals surface area contributed by atoms with E-state index in [0.717, 1.165) is 22.0 Å². The Labute approximate surface area is 138 Å². The summed E-state index contributed by atoms with van der Waals surface area (Å²) in [5.41, 5.74) is 2.21. The molecule has 3 aromatic rings. The van der Waals surface area contributed by atoms with E-state index in [9.17, 15) is 4.79 Å². The number of hydrogen-bond acceptors (Lipinski definition) is 4. The molecule has 0 bridgehead atoms. The molecule has 5 nitrogen and oxygen atoms in total. The first-order chi connectivity index (χ1) is 11.1. The van der Waals surface area contributed by atoms with Gasteiger partial charge in [-0.1, -0.05) is 13.8 Å². The lowest BCUT2D eigenvalue weighted by atomic mass is 10.1. The van der Waals surface area contributed by atoms with Crippen molar-refractivity contribution in [1.82, 2.24) is 14.7 Å². The molecular weight excluding hydrogens is 310 g/mol. The monoisotopic (exact) mass is 329 g/mol. The molecule has 0 atom stereocenters. The molecule has 23 heavy (non-hydrogen) atoms. The number of hydrogen-bond donors (Lipinski definition) is 1. The van der Waals surface area contributed by atoms with Gasteiger partial charge in [0.15, 0.2) is 10.7 Å². The summed E-state index contributed by atoms with van der Waals surface area (Å²) >= 11 is 1.51. The van der Waals surface area contributed by atoms with Gasteiger partial charge in [0.2, 0.25) is 0 Å². The van der Waals surface area contributed by atoms with Crippen LogP contribution in [-0.4, -0.2) is 28.9 Å². The molecule has 0 aliphatic carbocycles. The fourth-order valence-corrected chi connectivity index (χ4v) is 3.06. The Hall–Kier alpha value is -2.34. The number of aromatic nitrogens is 2. The second-order valence-corrected chi connectivity index (χ2v) is 6.57. The van der Waals surface area contributed by atoms with Crippen LogP contribution >= 0.6 is 11.3 Å². The highest BCUT2D eigenvalue weighted by molar-refractivity contribution is 7.15. The van der Waals surface area contributed by atoms with Gasteiger partial charge in [-0.3, -0.25) is 9.20 Å². The highest BCUT2D eigenvalue weighted by atomic mass is 32.1. The van der Waals surface area contributed by atoms with Crippen molar-refractivity contribution < 1.29 is 9.53 Å². The fraction of sp³-hybridized carbons (Fsp3) is 0.294. The van der Waals surface area contributed by atoms with Crippen molar-refractivity contribution >= 4 is 22.2 Å². The molecule has 6 heteroatoms. The highest BCUT2D eigenvalue weighted by Crippen LogP contribution is 2.29. The number of carbonyl (C=O) groups is 1. The van der Waals surface area contributed by atoms with Crippen LogP contribution in [0.2, 0.25) is 0 Å². The fourth-order valence-electron chi connectivity index (χ4n) is 2.35. The second kappa shape index (κ2) is 6.42. The molecule has 2 aromatic heterocycles. The quantitative estimate of drug-likeness (QED) is 0.780. The van der Waals surface area contributed by atoms with Crippen LogP contribution in [0.5, 0.6) is 5.75 Å². The molecular formula is C17H19N3O2S. The number of imidazole rings is 1. The summed E-state index contributed by atoms with van der Waals surface area (Å²) in [6.45, 7) is 4.76. The third-order valence-corrected chi connectivity index (χ3v) is 4.27. The van der Waals surface area contributed by atoms with Gasteiger partial charge in [0, 0.05) is 23.7 Å². The summed E-state index contributed by atoms with van der Waals surface area (Å²) in [4.78, 5) is 17.8. The van der Waals surface area contributed by atoms with Crippen molar-refractivity contribution in [3.63, 3.8) is 0 Å². The first kappa shape index (κ1) is 15.6. The molecule has 0 aliphatic heterocycles. The van der Waals surface area contributed by atoms with Crippen LogP contribution < -0.4 is 10.1 Å². The highest BCUT2D eigenvalue weighted by Gasteiger charge is 2.21. The lowest BCUT2D eigenvalue weighted by molar-refractivity contribution is 0.0945. The van der Waals surface area contributed by atoms with Gasteiger partial charge in [-0.15, -0.1) is 11.3 Å². The van der Waals surface area contributed by atoms with E-state index in [1.165, 1.54) is 11.3 Å². The van der Waals surface area contributed by atoms with E-state index in [4.69, 9.17) is 4.74 Å². The van der Waals surface area contributed by atoms with Gasteiger partial charge < -0.3 is 10.1 Å². The SMILES string of the molecule is COc1ccc(-c2c(C(=O)NCC(C)C)nc3sccn23)cc1. The van der Waals surface area contributed by atoms with Crippen molar-refractivity contribution in [1.29, 1.82) is 0 Å². The summed E-state index contributed by atoms with van der Waals surface area (Å²) < 4.78 is 7.16. The largest absolute Gasteiger partial charge is 0.497 e. The predicted molar refractivity (Wildman–Crippen MR) is 92.2 cm³/mol. The van der Waals surface area contributed by atoms with Crippen LogP contribution in [0.1, 0.15) is 24.3 Å². The number of ether oxygens (including phenoxy) is 1. The van der Waals surface area contributed by atoms with Gasteiger partial charge in [0.1, 0.15) is 5.75 Å². The zero-order valence-corrected chi connectivity index (χ0v) is 14.2. The molecule has 2 heterocycles. The number of nitrogens with zero attached hydrogens (tertiary/aromatic N) is 2. The number of fused-ring (bicyclic) bond motifs is 1. The van der Waals surface area contributed by atoms with Crippen molar-refractivity contribution in [3.05, 3.63) is 41.5 Å². The molecule has 3 rings (SSSR count). The predicted octanol–water partition coefficient (Wildman–Crippen LogP) is 3.46. The van der Waals surface area contributed by atoms with Crippen LogP contribution in [0.3, 0.4) is 0 Å². The standard InChI is InChI=1S/C17H19N3O2S/c1-11(2)10-18-16(21)14-15(20-8-9-23-17(20)19-14)12-4-6-13(22-3)7-5-12/h4-9,11H,10H2,1-3H3,(H,18,21). The van der Waals surface area contributed by atoms with Crippen molar-refractivity contribution in [2.45, 2.75) is 13.8 Å². The third kappa shape index (κ3) is 3.07. The Morgan fingerprint density at radius 3 is 2.74 bits per heavy atom. The van der Waals surface area contributed by atoms with Crippen molar-refractivity contribution in [2.24, 2.45) is 5.92 Å². The molecule has 0 saturated heterocycles. The van der Waals surface area contributed by atoms with E-state index >= 15 is 0 Å². The van der Waals surface area contributed by atoms with Crippen LogP contribution in [-0.2, 0) is 0 Å². The smallest absolute Gasteiger partial charge is 0.272 e. The molecule has 1 N–H and O–H groups in total. The van der Waals surface area contributed by atoms with Gasteiger partial charge in [0.05, 0.1) is 12.8 Å². The minimum atomic E-state index is -0.139. The Morgan fingerprint density at radius 1 is 1.35 bits per heavy atom. The number of benzene rings is 1. The van der Waals surface area contributed by atoms with Gasteiger partial charge in [0.25, 0.3) is 5.91 Å². The molecule has 0 unspecified atom stereocenters. The number of thiazole rings is 1. The van der Waals surface area contributed by atoms with E-state index in [-0.39, 0.29) is 5.91 Å². The molecule has 120 valence electrons. The first-order valence-corrected chi connectivity index (χ1v) is 8.36. The summed E-state index contributed by atoms with van der Waals surface area (Å²) in [5.74, 6) is 1.04. The summed E-state index contributed by atoms with van der Waals surface area (Å²) in [5, 5.41) is 4.91. The maximum atomic E-state index is 12.5. The van der Waals surface area contributed by atoms with Crippen LogP contribution in [0, 0.1) is 5.92 Å². The molecule has 0 fully saturated rings. The zero-order chi connectivity index (χ0) is 16.4. The average molecular weight is 329 g/mol. The number of methoxy groups -OCH3 is 1. The Balaban J connectivity index is 2.04. The molecule has 0 saturated carbocycles. The first-order valence-electron chi connectivity index (χ1n) is 7.48. The second-order valence-electron chi connectivity index (χ2n) is 5.70. The lowest BCUT2D eigenvalue weighted by Crippen LogP contribution is -2.28. The third-order valence-electron chi connectivity index (χ3n) is 3.51. The number of rotatable bonds is 5. The van der Waals surface area contributed by atoms with E-state index in [0.29, 0.717) is 18.2 Å². The van der Waals surface area contributed by atoms with E-state index in [2.05, 4.69) is 24.1 Å². The summed E-state index contributed by atoms with van der Waals surface area (Å²) in [7, 11) is 1.63. The number of amides is 1. The van der Waals surface area contributed by atoms with Crippen LogP contribution in [0.4, 0.5) is 0 Å². The molecule has 1 aromatic carbocycles. The maximum absolute atomic E-state index is 12.5. The Kier molecular flexibility index (Phi) is 4.34. The topological polar surface area (TPSA) is 55.6 Å². The summed E-state index contributed by atoms with van der Waals surface area (Å²) in [6, 6.07) is 7.66. The number of nitrogens with one attached hydrogen (secondary N) is 1. The molecule has 1 amide bonds. The van der Waals surface area contributed by atoms with E-state index in [1.807, 2.05) is 40.2 Å². The van der Waals surface area contributed by atoms with E-state index < -0.39 is 0 Å². The lowest BCUT2D eigenvalue weighted by Gasteiger charge is -2.08. The van der Waals surface area contributed by atoms with Crippen LogP contribution in [0.15, 0.2) is 35.8 Å². The summed E-state index contributed by atoms with van der Waals surface area (Å²) in [6.07, 6.45) is 1.94. The van der Waals surface area contributed by atoms with Crippen molar-refractivity contribution in [2.75, 3.05) is 13.7 Å². The minimum absolute atomic E-state index is 0.139. The minimum Gasteiger partial charge on any atom is -0.497 e. The van der Waals surface area contributed by atoms with Gasteiger partial charge >= 0.3 is 0 Å². The zero-order valence-electron chi connectivity index (χ0n) is 13.4.